The van der Waals surface area contributed by atoms with E-state index in [0.717, 1.165) is 37.5 Å². The molecule has 0 aromatic carbocycles. The highest BCUT2D eigenvalue weighted by Gasteiger charge is 2.11. The van der Waals surface area contributed by atoms with Crippen LogP contribution in [0, 0.1) is 11.8 Å². The third-order valence-electron chi connectivity index (χ3n) is 3.42. The molecule has 1 unspecified atom stereocenters. The van der Waals surface area contributed by atoms with E-state index < -0.39 is 0 Å². The maximum Gasteiger partial charge on any atom is 0.191 e. The van der Waals surface area contributed by atoms with Crippen LogP contribution in [0.3, 0.4) is 0 Å². The van der Waals surface area contributed by atoms with Crippen LogP contribution >= 0.6 is 24.0 Å². The fourth-order valence-electron chi connectivity index (χ4n) is 2.46. The lowest BCUT2D eigenvalue weighted by atomic mass is 9.94. The maximum atomic E-state index is 9.19. The van der Waals surface area contributed by atoms with Crippen molar-refractivity contribution in [1.29, 1.82) is 0 Å². The first-order valence-corrected chi connectivity index (χ1v) is 8.15. The predicted octanol–water partition coefficient (Wildman–Crippen LogP) is 2.14. The minimum absolute atomic E-state index is 0. The van der Waals surface area contributed by atoms with E-state index in [1.54, 1.807) is 4.68 Å². The van der Waals surface area contributed by atoms with Gasteiger partial charge in [0.1, 0.15) is 0 Å². The fraction of sp³-hybridized carbons (Fsp3) is 0.750. The van der Waals surface area contributed by atoms with E-state index in [2.05, 4.69) is 41.5 Å². The van der Waals surface area contributed by atoms with Crippen LogP contribution in [0.2, 0.25) is 0 Å². The van der Waals surface area contributed by atoms with Crippen LogP contribution in [0.15, 0.2) is 17.4 Å². The third-order valence-corrected chi connectivity index (χ3v) is 3.42. The van der Waals surface area contributed by atoms with E-state index in [1.807, 2.05) is 19.4 Å². The molecule has 0 aliphatic rings. The standard InChI is InChI=1S/C16H31N5O.HI/c1-5-17-16(19-10-15-11-20-21(4)12-15)18-9-14(6-7-22)8-13(2)3;/h11-14,22H,5-10H2,1-4H3,(H2,17,18,19);1H. The number of nitrogens with zero attached hydrogens (tertiary/aromatic N) is 3. The second-order valence-corrected chi connectivity index (χ2v) is 6.11. The van der Waals surface area contributed by atoms with Crippen LogP contribution in [0.5, 0.6) is 0 Å². The van der Waals surface area contributed by atoms with Gasteiger partial charge in [0, 0.05) is 38.5 Å². The van der Waals surface area contributed by atoms with Crippen molar-refractivity contribution in [3.63, 3.8) is 0 Å². The van der Waals surface area contributed by atoms with E-state index in [9.17, 15) is 5.11 Å². The van der Waals surface area contributed by atoms with Gasteiger partial charge in [0.25, 0.3) is 0 Å². The molecule has 7 heteroatoms. The highest BCUT2D eigenvalue weighted by molar-refractivity contribution is 14.0. The number of aryl methyl sites for hydroxylation is 1. The van der Waals surface area contributed by atoms with Gasteiger partial charge >= 0.3 is 0 Å². The normalized spacial score (nSPS) is 12.9. The number of aliphatic hydroxyl groups is 1. The maximum absolute atomic E-state index is 9.19. The summed E-state index contributed by atoms with van der Waals surface area (Å²) in [5.41, 5.74) is 1.09. The van der Waals surface area contributed by atoms with Crippen molar-refractivity contribution in [2.24, 2.45) is 23.9 Å². The lowest BCUT2D eigenvalue weighted by Gasteiger charge is -2.20. The number of nitrogens with one attached hydrogen (secondary N) is 2. The number of hydrogen-bond acceptors (Lipinski definition) is 3. The fourth-order valence-corrected chi connectivity index (χ4v) is 2.46. The molecule has 1 rings (SSSR count). The van der Waals surface area contributed by atoms with Crippen LogP contribution in [0.25, 0.3) is 0 Å². The Hall–Kier alpha value is -0.830. The number of aromatic nitrogens is 2. The van der Waals surface area contributed by atoms with Crippen LogP contribution in [0.4, 0.5) is 0 Å². The summed E-state index contributed by atoms with van der Waals surface area (Å²) in [4.78, 5) is 4.59. The Bertz CT molecular complexity index is 447. The average molecular weight is 437 g/mol. The molecule has 0 radical (unpaired) electrons. The molecule has 0 saturated heterocycles. The molecular formula is C16H32IN5O. The molecule has 134 valence electrons. The third kappa shape index (κ3) is 9.80. The van der Waals surface area contributed by atoms with E-state index in [0.29, 0.717) is 18.4 Å². The Kier molecular flexibility index (Phi) is 12.1. The lowest BCUT2D eigenvalue weighted by molar-refractivity contribution is 0.243. The monoisotopic (exact) mass is 437 g/mol. The summed E-state index contributed by atoms with van der Waals surface area (Å²) >= 11 is 0. The molecule has 0 spiro atoms. The zero-order valence-electron chi connectivity index (χ0n) is 14.7. The Morgan fingerprint density at radius 3 is 2.65 bits per heavy atom. The minimum atomic E-state index is 0. The van der Waals surface area contributed by atoms with Crippen LogP contribution in [-0.2, 0) is 13.6 Å². The largest absolute Gasteiger partial charge is 0.396 e. The molecule has 1 heterocycles. The molecule has 1 atom stereocenters. The van der Waals surface area contributed by atoms with Gasteiger partial charge in [-0.3, -0.25) is 4.68 Å². The highest BCUT2D eigenvalue weighted by atomic mass is 127. The molecule has 0 aliphatic heterocycles. The zero-order chi connectivity index (χ0) is 16.4. The van der Waals surface area contributed by atoms with Crippen molar-refractivity contribution < 1.29 is 5.11 Å². The van der Waals surface area contributed by atoms with Gasteiger partial charge in [-0.2, -0.15) is 5.10 Å². The van der Waals surface area contributed by atoms with Crippen molar-refractivity contribution in [3.05, 3.63) is 18.0 Å². The van der Waals surface area contributed by atoms with Crippen molar-refractivity contribution in [2.75, 3.05) is 19.7 Å². The summed E-state index contributed by atoms with van der Waals surface area (Å²) < 4.78 is 1.78. The number of hydrogen-bond donors (Lipinski definition) is 3. The van der Waals surface area contributed by atoms with E-state index in [4.69, 9.17) is 0 Å². The Balaban J connectivity index is 0.00000484. The first-order valence-electron chi connectivity index (χ1n) is 8.15. The quantitative estimate of drug-likeness (QED) is 0.315. The zero-order valence-corrected chi connectivity index (χ0v) is 17.1. The lowest BCUT2D eigenvalue weighted by Crippen LogP contribution is -2.40. The van der Waals surface area contributed by atoms with Crippen LogP contribution in [0.1, 0.15) is 39.2 Å². The first kappa shape index (κ1) is 22.2. The Morgan fingerprint density at radius 2 is 2.13 bits per heavy atom. The molecule has 6 nitrogen and oxygen atoms in total. The van der Waals surface area contributed by atoms with E-state index in [1.165, 1.54) is 0 Å². The molecular weight excluding hydrogens is 405 g/mol. The van der Waals surface area contributed by atoms with Crippen molar-refractivity contribution in [1.82, 2.24) is 20.4 Å². The molecule has 3 N–H and O–H groups in total. The van der Waals surface area contributed by atoms with Gasteiger partial charge in [-0.25, -0.2) is 4.99 Å². The van der Waals surface area contributed by atoms with Gasteiger partial charge < -0.3 is 15.7 Å². The number of guanidine groups is 1. The van der Waals surface area contributed by atoms with E-state index in [-0.39, 0.29) is 30.6 Å². The molecule has 1 aromatic heterocycles. The SMILES string of the molecule is CCNC(=NCc1cnn(C)c1)NCC(CCO)CC(C)C.I. The summed E-state index contributed by atoms with van der Waals surface area (Å²) in [6, 6.07) is 0. The minimum Gasteiger partial charge on any atom is -0.396 e. The van der Waals surface area contributed by atoms with E-state index >= 15 is 0 Å². The van der Waals surface area contributed by atoms with Crippen molar-refractivity contribution in [3.8, 4) is 0 Å². The second-order valence-electron chi connectivity index (χ2n) is 6.11. The molecule has 23 heavy (non-hydrogen) atoms. The molecule has 0 aliphatic carbocycles. The number of rotatable bonds is 9. The smallest absolute Gasteiger partial charge is 0.191 e. The van der Waals surface area contributed by atoms with Gasteiger partial charge in [-0.15, -0.1) is 24.0 Å². The van der Waals surface area contributed by atoms with Crippen molar-refractivity contribution >= 4 is 29.9 Å². The number of aliphatic hydroxyl groups excluding tert-OH is 1. The second kappa shape index (κ2) is 12.6. The summed E-state index contributed by atoms with van der Waals surface area (Å²) in [7, 11) is 1.90. The van der Waals surface area contributed by atoms with Gasteiger partial charge in [-0.05, 0) is 31.6 Å². The van der Waals surface area contributed by atoms with Gasteiger partial charge in [0.2, 0.25) is 0 Å². The highest BCUT2D eigenvalue weighted by Crippen LogP contribution is 2.14. The van der Waals surface area contributed by atoms with Gasteiger partial charge in [-0.1, -0.05) is 13.8 Å². The van der Waals surface area contributed by atoms with Crippen LogP contribution < -0.4 is 10.6 Å². The summed E-state index contributed by atoms with van der Waals surface area (Å²) in [6.07, 6.45) is 5.74. The molecule has 0 amide bonds. The van der Waals surface area contributed by atoms with Crippen LogP contribution in [-0.4, -0.2) is 40.5 Å². The molecule has 0 saturated carbocycles. The number of halogens is 1. The topological polar surface area (TPSA) is 74.5 Å². The molecule has 0 fully saturated rings. The van der Waals surface area contributed by atoms with Gasteiger partial charge in [0.15, 0.2) is 5.96 Å². The summed E-state index contributed by atoms with van der Waals surface area (Å²) in [5, 5.41) is 20.0. The number of aliphatic imine (C=N–C) groups is 1. The molecule has 0 bridgehead atoms. The Labute approximate surface area is 157 Å². The molecule has 1 aromatic rings. The van der Waals surface area contributed by atoms with Crippen molar-refractivity contribution in [2.45, 2.75) is 40.2 Å². The average Bonchev–Trinajstić information content (AvgIpc) is 2.87. The first-order chi connectivity index (χ1) is 10.5. The Morgan fingerprint density at radius 1 is 1.39 bits per heavy atom. The predicted molar refractivity (Wildman–Crippen MR) is 106 cm³/mol. The summed E-state index contributed by atoms with van der Waals surface area (Å²) in [6.45, 7) is 8.99. The van der Waals surface area contributed by atoms with Gasteiger partial charge in [0.05, 0.1) is 12.7 Å². The summed E-state index contributed by atoms with van der Waals surface area (Å²) in [5.74, 6) is 1.92.